The molecule has 1 unspecified atom stereocenters. The van der Waals surface area contributed by atoms with Crippen LogP contribution < -0.4 is 5.32 Å². The lowest BCUT2D eigenvalue weighted by Gasteiger charge is -2.37. The van der Waals surface area contributed by atoms with Crippen molar-refractivity contribution >= 4 is 0 Å². The van der Waals surface area contributed by atoms with E-state index in [1.165, 1.54) is 37.7 Å². The van der Waals surface area contributed by atoms with Crippen LogP contribution in [0.15, 0.2) is 12.4 Å². The Morgan fingerprint density at radius 1 is 1.45 bits per heavy atom. The van der Waals surface area contributed by atoms with Crippen molar-refractivity contribution in [1.29, 1.82) is 0 Å². The zero-order valence-corrected chi connectivity index (χ0v) is 13.2. The molecule has 0 saturated heterocycles. The fourth-order valence-corrected chi connectivity index (χ4v) is 3.45. The minimum Gasteiger partial charge on any atom is -0.377 e. The Labute approximate surface area is 122 Å². The summed E-state index contributed by atoms with van der Waals surface area (Å²) in [5.74, 6) is 0. The molecule has 1 atom stereocenters. The molecule has 4 nitrogen and oxygen atoms in total. The molecule has 0 aliphatic heterocycles. The van der Waals surface area contributed by atoms with Crippen LogP contribution in [0, 0.1) is 0 Å². The van der Waals surface area contributed by atoms with Gasteiger partial charge < -0.3 is 10.1 Å². The van der Waals surface area contributed by atoms with Crippen molar-refractivity contribution in [3.8, 4) is 0 Å². The summed E-state index contributed by atoms with van der Waals surface area (Å²) in [6, 6.07) is 0.454. The number of ether oxygens (including phenoxy) is 1. The van der Waals surface area contributed by atoms with Gasteiger partial charge >= 0.3 is 0 Å². The van der Waals surface area contributed by atoms with Gasteiger partial charge in [-0.2, -0.15) is 5.10 Å². The first kappa shape index (κ1) is 15.5. The van der Waals surface area contributed by atoms with E-state index in [1.54, 1.807) is 0 Å². The van der Waals surface area contributed by atoms with E-state index in [-0.39, 0.29) is 5.60 Å². The third-order valence-electron chi connectivity index (χ3n) is 4.61. The number of aryl methyl sites for hydroxylation is 2. The zero-order chi connectivity index (χ0) is 14.4. The van der Waals surface area contributed by atoms with Crippen LogP contribution in [-0.2, 0) is 18.2 Å². The Morgan fingerprint density at radius 2 is 2.20 bits per heavy atom. The van der Waals surface area contributed by atoms with Gasteiger partial charge in [0.25, 0.3) is 0 Å². The second-order valence-electron chi connectivity index (χ2n) is 6.04. The molecule has 114 valence electrons. The Balaban J connectivity index is 1.99. The Hall–Kier alpha value is -0.870. The number of nitrogens with one attached hydrogen (secondary N) is 1. The number of hydrogen-bond acceptors (Lipinski definition) is 3. The lowest BCUT2D eigenvalue weighted by Crippen LogP contribution is -2.50. The third kappa shape index (κ3) is 3.61. The maximum absolute atomic E-state index is 5.97. The highest BCUT2D eigenvalue weighted by Gasteiger charge is 2.40. The van der Waals surface area contributed by atoms with E-state index in [9.17, 15) is 0 Å². The SMILES string of the molecule is CCCNC(CCc1cnn(C)c1)C1(OC)CCCC1. The van der Waals surface area contributed by atoms with E-state index in [4.69, 9.17) is 4.74 Å². The summed E-state index contributed by atoms with van der Waals surface area (Å²) in [6.07, 6.45) is 12.4. The van der Waals surface area contributed by atoms with E-state index in [2.05, 4.69) is 23.5 Å². The Bertz CT molecular complexity index is 396. The molecule has 1 heterocycles. The van der Waals surface area contributed by atoms with Gasteiger partial charge in [0.05, 0.1) is 11.8 Å². The molecule has 0 spiro atoms. The normalized spacial score (nSPS) is 19.4. The summed E-state index contributed by atoms with van der Waals surface area (Å²) >= 11 is 0. The van der Waals surface area contributed by atoms with Crippen LogP contribution in [0.1, 0.15) is 51.0 Å². The minimum absolute atomic E-state index is 0.0530. The molecule has 4 heteroatoms. The van der Waals surface area contributed by atoms with Crippen LogP contribution in [0.2, 0.25) is 0 Å². The van der Waals surface area contributed by atoms with E-state index in [0.717, 1.165) is 19.4 Å². The molecular weight excluding hydrogens is 250 g/mol. The lowest BCUT2D eigenvalue weighted by atomic mass is 9.87. The van der Waals surface area contributed by atoms with Crippen molar-refractivity contribution < 1.29 is 4.74 Å². The molecular formula is C16H29N3O. The second-order valence-corrected chi connectivity index (χ2v) is 6.04. The molecule has 1 aliphatic rings. The molecule has 1 N–H and O–H groups in total. The Morgan fingerprint density at radius 3 is 2.75 bits per heavy atom. The van der Waals surface area contributed by atoms with E-state index in [0.29, 0.717) is 6.04 Å². The molecule has 0 amide bonds. The smallest absolute Gasteiger partial charge is 0.0831 e. The minimum atomic E-state index is 0.0530. The van der Waals surface area contributed by atoms with Crippen molar-refractivity contribution in [2.24, 2.45) is 7.05 Å². The summed E-state index contributed by atoms with van der Waals surface area (Å²) in [6.45, 7) is 3.29. The van der Waals surface area contributed by atoms with Crippen molar-refractivity contribution in [3.05, 3.63) is 18.0 Å². The highest BCUT2D eigenvalue weighted by Crippen LogP contribution is 2.37. The lowest BCUT2D eigenvalue weighted by molar-refractivity contribution is -0.0376. The quantitative estimate of drug-likeness (QED) is 0.795. The number of aromatic nitrogens is 2. The summed E-state index contributed by atoms with van der Waals surface area (Å²) in [5.41, 5.74) is 1.37. The van der Waals surface area contributed by atoms with E-state index in [1.807, 2.05) is 25.0 Å². The zero-order valence-electron chi connectivity index (χ0n) is 13.2. The van der Waals surface area contributed by atoms with E-state index < -0.39 is 0 Å². The Kier molecular flexibility index (Phi) is 5.61. The van der Waals surface area contributed by atoms with Gasteiger partial charge in [-0.3, -0.25) is 4.68 Å². The van der Waals surface area contributed by atoms with Gasteiger partial charge in [0.1, 0.15) is 0 Å². The van der Waals surface area contributed by atoms with Gasteiger partial charge in [-0.15, -0.1) is 0 Å². The van der Waals surface area contributed by atoms with Gasteiger partial charge in [0.15, 0.2) is 0 Å². The van der Waals surface area contributed by atoms with E-state index >= 15 is 0 Å². The molecule has 1 aromatic rings. The molecule has 0 aromatic carbocycles. The molecule has 1 aliphatic carbocycles. The molecule has 1 fully saturated rings. The third-order valence-corrected chi connectivity index (χ3v) is 4.61. The number of nitrogens with zero attached hydrogens (tertiary/aromatic N) is 2. The van der Waals surface area contributed by atoms with Gasteiger partial charge in [0.2, 0.25) is 0 Å². The number of hydrogen-bond donors (Lipinski definition) is 1. The van der Waals surface area contributed by atoms with Crippen LogP contribution in [-0.4, -0.2) is 35.1 Å². The molecule has 2 rings (SSSR count). The first-order valence-corrected chi connectivity index (χ1v) is 7.96. The van der Waals surface area contributed by atoms with Crippen LogP contribution in [0.25, 0.3) is 0 Å². The first-order chi connectivity index (χ1) is 9.70. The average Bonchev–Trinajstić information content (AvgIpc) is 3.09. The maximum Gasteiger partial charge on any atom is 0.0831 e. The summed E-state index contributed by atoms with van der Waals surface area (Å²) in [4.78, 5) is 0. The fourth-order valence-electron chi connectivity index (χ4n) is 3.45. The van der Waals surface area contributed by atoms with Crippen molar-refractivity contribution in [1.82, 2.24) is 15.1 Å². The average molecular weight is 279 g/mol. The summed E-state index contributed by atoms with van der Waals surface area (Å²) in [5, 5.41) is 7.98. The highest BCUT2D eigenvalue weighted by atomic mass is 16.5. The van der Waals surface area contributed by atoms with Crippen molar-refractivity contribution in [2.45, 2.75) is 63.5 Å². The van der Waals surface area contributed by atoms with Crippen LogP contribution in [0.4, 0.5) is 0 Å². The second kappa shape index (κ2) is 7.23. The van der Waals surface area contributed by atoms with Crippen LogP contribution in [0.3, 0.4) is 0 Å². The summed E-state index contributed by atoms with van der Waals surface area (Å²) < 4.78 is 7.85. The van der Waals surface area contributed by atoms with Crippen LogP contribution >= 0.6 is 0 Å². The predicted octanol–water partition coefficient (Wildman–Crippen LogP) is 2.68. The molecule has 0 radical (unpaired) electrons. The number of rotatable bonds is 8. The van der Waals surface area contributed by atoms with Gasteiger partial charge in [-0.05, 0) is 44.2 Å². The van der Waals surface area contributed by atoms with Crippen molar-refractivity contribution in [2.75, 3.05) is 13.7 Å². The fraction of sp³-hybridized carbons (Fsp3) is 0.812. The molecule has 0 bridgehead atoms. The van der Waals surface area contributed by atoms with Gasteiger partial charge in [-0.25, -0.2) is 0 Å². The molecule has 20 heavy (non-hydrogen) atoms. The van der Waals surface area contributed by atoms with Gasteiger partial charge in [-0.1, -0.05) is 19.8 Å². The largest absolute Gasteiger partial charge is 0.377 e. The monoisotopic (exact) mass is 279 g/mol. The molecule has 1 aromatic heterocycles. The molecule has 1 saturated carbocycles. The standard InChI is InChI=1S/C16H29N3O/c1-4-11-17-15(16(20-3)9-5-6-10-16)8-7-14-12-18-19(2)13-14/h12-13,15,17H,4-11H2,1-3H3. The topological polar surface area (TPSA) is 39.1 Å². The van der Waals surface area contributed by atoms with Crippen molar-refractivity contribution in [3.63, 3.8) is 0 Å². The maximum atomic E-state index is 5.97. The van der Waals surface area contributed by atoms with Gasteiger partial charge in [0, 0.05) is 26.4 Å². The number of methoxy groups -OCH3 is 1. The van der Waals surface area contributed by atoms with Crippen LogP contribution in [0.5, 0.6) is 0 Å². The predicted molar refractivity (Wildman–Crippen MR) is 81.8 cm³/mol. The summed E-state index contributed by atoms with van der Waals surface area (Å²) in [7, 11) is 3.86. The highest BCUT2D eigenvalue weighted by molar-refractivity contribution is 5.06. The first-order valence-electron chi connectivity index (χ1n) is 7.96.